The van der Waals surface area contributed by atoms with Crippen molar-refractivity contribution in [2.24, 2.45) is 0 Å². The van der Waals surface area contributed by atoms with Gasteiger partial charge < -0.3 is 26.2 Å². The molecule has 3 rings (SSSR count). The Morgan fingerprint density at radius 1 is 1.14 bits per heavy atom. The number of carbonyl (C=O) groups is 1. The molecule has 2 aromatic heterocycles. The van der Waals surface area contributed by atoms with Crippen LogP contribution < -0.4 is 16.0 Å². The fraction of sp³-hybridized carbons (Fsp3) is 0.435. The minimum atomic E-state index is -3.53. The average molecular weight is 512 g/mol. The Hall–Kier alpha value is -2.96. The van der Waals surface area contributed by atoms with Crippen molar-refractivity contribution in [3.8, 4) is 0 Å². The number of thiazole rings is 1. The third kappa shape index (κ3) is 6.59. The van der Waals surface area contributed by atoms with E-state index in [9.17, 15) is 28.2 Å². The Bertz CT molecular complexity index is 1190. The molecule has 0 saturated carbocycles. The van der Waals surface area contributed by atoms with Gasteiger partial charge in [0.2, 0.25) is 0 Å². The van der Waals surface area contributed by atoms with Gasteiger partial charge in [-0.25, -0.2) is 23.1 Å². The molecule has 1 atom stereocenters. The van der Waals surface area contributed by atoms with E-state index in [1.807, 2.05) is 12.1 Å². The Morgan fingerprint density at radius 2 is 1.86 bits per heavy atom. The van der Waals surface area contributed by atoms with Gasteiger partial charge >= 0.3 is 0 Å². The first-order valence-electron chi connectivity index (χ1n) is 10.8. The van der Waals surface area contributed by atoms with Gasteiger partial charge in [-0.3, -0.25) is 4.79 Å². The molecule has 0 aliphatic carbocycles. The Morgan fingerprint density at radius 3 is 2.51 bits per heavy atom. The summed E-state index contributed by atoms with van der Waals surface area (Å²) in [6.45, 7) is 3.03. The number of pyridine rings is 1. The number of hydrogen-bond acceptors (Lipinski definition) is 8. The topological polar surface area (TPSA) is 119 Å². The molecule has 1 amide bonds. The Kier molecular flexibility index (Phi) is 7.58. The van der Waals surface area contributed by atoms with Gasteiger partial charge in [-0.05, 0) is 45.9 Å². The van der Waals surface area contributed by atoms with Gasteiger partial charge in [0.1, 0.15) is 17.6 Å². The lowest BCUT2D eigenvalue weighted by molar-refractivity contribution is -0.151. The first-order valence-corrected chi connectivity index (χ1v) is 11.6. The third-order valence-electron chi connectivity index (χ3n) is 5.36. The molecule has 1 unspecified atom stereocenters. The third-order valence-corrected chi connectivity index (χ3v) is 6.15. The molecule has 8 nitrogen and oxygen atoms in total. The van der Waals surface area contributed by atoms with E-state index < -0.39 is 42.3 Å². The Labute approximate surface area is 204 Å². The van der Waals surface area contributed by atoms with E-state index >= 15 is 0 Å². The maximum absolute atomic E-state index is 14.4. The first kappa shape index (κ1) is 26.6. The SMILES string of the molecule is CC(C)(O)C(F)CNC(=O)c1cnc(Nc2ccc3ncsc3c2)cc1NCC(F)(F)C(C)(C)O. The van der Waals surface area contributed by atoms with Crippen LogP contribution in [0.25, 0.3) is 10.2 Å². The number of anilines is 3. The van der Waals surface area contributed by atoms with Crippen molar-refractivity contribution < 1.29 is 28.2 Å². The number of halogens is 3. The van der Waals surface area contributed by atoms with Crippen molar-refractivity contribution >= 4 is 44.7 Å². The van der Waals surface area contributed by atoms with Crippen molar-refractivity contribution in [3.63, 3.8) is 0 Å². The normalized spacial score (nSPS) is 13.5. The summed E-state index contributed by atoms with van der Waals surface area (Å²) in [4.78, 5) is 21.1. The number of nitrogens with one attached hydrogen (secondary N) is 3. The van der Waals surface area contributed by atoms with Crippen LogP contribution >= 0.6 is 11.3 Å². The highest BCUT2D eigenvalue weighted by Crippen LogP contribution is 2.30. The van der Waals surface area contributed by atoms with Crippen LogP contribution in [-0.2, 0) is 0 Å². The second kappa shape index (κ2) is 9.96. The molecule has 1 aromatic carbocycles. The number of rotatable bonds is 10. The highest BCUT2D eigenvalue weighted by Gasteiger charge is 2.45. The van der Waals surface area contributed by atoms with E-state index in [0.29, 0.717) is 5.69 Å². The molecule has 12 heteroatoms. The lowest BCUT2D eigenvalue weighted by atomic mass is 10.0. The van der Waals surface area contributed by atoms with E-state index in [1.165, 1.54) is 37.4 Å². The molecule has 0 spiro atoms. The Balaban J connectivity index is 1.85. The minimum Gasteiger partial charge on any atom is -0.387 e. The summed E-state index contributed by atoms with van der Waals surface area (Å²) in [6.07, 6.45) is -0.580. The second-order valence-electron chi connectivity index (χ2n) is 9.22. The van der Waals surface area contributed by atoms with Crippen LogP contribution in [0.2, 0.25) is 0 Å². The van der Waals surface area contributed by atoms with Crippen LogP contribution in [0.4, 0.5) is 30.4 Å². The summed E-state index contributed by atoms with van der Waals surface area (Å²) in [5, 5.41) is 27.4. The summed E-state index contributed by atoms with van der Waals surface area (Å²) >= 11 is 1.45. The van der Waals surface area contributed by atoms with Crippen molar-refractivity contribution in [1.82, 2.24) is 15.3 Å². The summed E-state index contributed by atoms with van der Waals surface area (Å²) in [5.41, 5.74) is -0.878. The number of benzene rings is 1. The fourth-order valence-electron chi connectivity index (χ4n) is 2.88. The minimum absolute atomic E-state index is 0.00135. The number of aliphatic hydroxyl groups is 2. The summed E-state index contributed by atoms with van der Waals surface area (Å²) in [7, 11) is 0. The van der Waals surface area contributed by atoms with Gasteiger partial charge in [0, 0.05) is 18.0 Å². The molecule has 0 aliphatic heterocycles. The van der Waals surface area contributed by atoms with E-state index in [4.69, 9.17) is 0 Å². The number of alkyl halides is 3. The van der Waals surface area contributed by atoms with Crippen molar-refractivity contribution in [3.05, 3.63) is 41.5 Å². The summed E-state index contributed by atoms with van der Waals surface area (Å²) in [6, 6.07) is 6.81. The highest BCUT2D eigenvalue weighted by molar-refractivity contribution is 7.16. The zero-order valence-corrected chi connectivity index (χ0v) is 20.5. The molecule has 0 saturated heterocycles. The van der Waals surface area contributed by atoms with Gasteiger partial charge in [0.25, 0.3) is 11.8 Å². The molecule has 0 fully saturated rings. The lowest BCUT2D eigenvalue weighted by Crippen LogP contribution is -2.47. The smallest absolute Gasteiger partial charge is 0.292 e. The first-order chi connectivity index (χ1) is 16.2. The molecule has 0 bridgehead atoms. The number of fused-ring (bicyclic) bond motifs is 1. The predicted molar refractivity (Wildman–Crippen MR) is 130 cm³/mol. The molecule has 0 radical (unpaired) electrons. The van der Waals surface area contributed by atoms with E-state index in [-0.39, 0.29) is 17.1 Å². The molecular weight excluding hydrogens is 483 g/mol. The van der Waals surface area contributed by atoms with Crippen LogP contribution in [0.5, 0.6) is 0 Å². The molecule has 0 aliphatic rings. The summed E-state index contributed by atoms with van der Waals surface area (Å²) in [5.74, 6) is -4.03. The maximum atomic E-state index is 14.4. The van der Waals surface area contributed by atoms with Crippen LogP contribution in [0, 0.1) is 0 Å². The van der Waals surface area contributed by atoms with Crippen LogP contribution in [0.15, 0.2) is 36.0 Å². The highest BCUT2D eigenvalue weighted by atomic mass is 32.1. The monoisotopic (exact) mass is 511 g/mol. The van der Waals surface area contributed by atoms with Gasteiger partial charge in [0.05, 0.1) is 45.7 Å². The number of nitrogens with zero attached hydrogens (tertiary/aromatic N) is 2. The fourth-order valence-corrected chi connectivity index (χ4v) is 3.60. The van der Waals surface area contributed by atoms with Crippen LogP contribution in [0.1, 0.15) is 38.1 Å². The van der Waals surface area contributed by atoms with Crippen LogP contribution in [-0.4, -0.2) is 62.5 Å². The number of amides is 1. The van der Waals surface area contributed by atoms with Gasteiger partial charge in [0.15, 0.2) is 0 Å². The molecule has 190 valence electrons. The quantitative estimate of drug-likeness (QED) is 0.278. The van der Waals surface area contributed by atoms with Gasteiger partial charge in [-0.2, -0.15) is 0 Å². The van der Waals surface area contributed by atoms with Crippen molar-refractivity contribution in [2.75, 3.05) is 23.7 Å². The maximum Gasteiger partial charge on any atom is 0.292 e. The zero-order valence-electron chi connectivity index (χ0n) is 19.7. The van der Waals surface area contributed by atoms with Crippen LogP contribution in [0.3, 0.4) is 0 Å². The second-order valence-corrected chi connectivity index (χ2v) is 10.1. The lowest BCUT2D eigenvalue weighted by Gasteiger charge is -2.29. The van der Waals surface area contributed by atoms with E-state index in [1.54, 1.807) is 11.6 Å². The average Bonchev–Trinajstić information content (AvgIpc) is 3.22. The molecular formula is C23H28F3N5O3S. The van der Waals surface area contributed by atoms with E-state index in [2.05, 4.69) is 25.9 Å². The van der Waals surface area contributed by atoms with Gasteiger partial charge in [-0.15, -0.1) is 11.3 Å². The van der Waals surface area contributed by atoms with E-state index in [0.717, 1.165) is 24.1 Å². The van der Waals surface area contributed by atoms with Crippen molar-refractivity contribution in [1.29, 1.82) is 0 Å². The standard InChI is InChI=1S/C23H28F3N5O3S/c1-21(2,33)18(24)10-28-20(32)14-9-27-19(8-16(14)29-11-23(25,26)22(3,4)34)31-13-5-6-15-17(7-13)35-12-30-15/h5-9,12,18,33-34H,10-11H2,1-4H3,(H,28,32)(H2,27,29,31). The van der Waals surface area contributed by atoms with Crippen molar-refractivity contribution in [2.45, 2.75) is 51.0 Å². The number of carbonyl (C=O) groups excluding carboxylic acids is 1. The molecule has 5 N–H and O–H groups in total. The molecule has 2 heterocycles. The summed E-state index contributed by atoms with van der Waals surface area (Å²) < 4.78 is 43.8. The largest absolute Gasteiger partial charge is 0.387 e. The number of hydrogen-bond donors (Lipinski definition) is 5. The molecule has 35 heavy (non-hydrogen) atoms. The number of aromatic nitrogens is 2. The predicted octanol–water partition coefficient (Wildman–Crippen LogP) is 4.09. The van der Waals surface area contributed by atoms with Gasteiger partial charge in [-0.1, -0.05) is 0 Å². The zero-order chi connectivity index (χ0) is 26.0. The molecule has 3 aromatic rings.